The Balaban J connectivity index is 0.000000351. The molecule has 1 fully saturated rings. The number of alkyl halides is 3. The Morgan fingerprint density at radius 1 is 1.42 bits per heavy atom. The van der Waals surface area contributed by atoms with E-state index in [1.807, 2.05) is 0 Å². The quantitative estimate of drug-likeness (QED) is 0.523. The summed E-state index contributed by atoms with van der Waals surface area (Å²) in [4.78, 5) is 34.9. The number of carboxylic acids is 1. The molecule has 2 rings (SSSR count). The predicted molar refractivity (Wildman–Crippen MR) is 78.5 cm³/mol. The zero-order valence-electron chi connectivity index (χ0n) is 12.4. The summed E-state index contributed by atoms with van der Waals surface area (Å²) in [6.07, 6.45) is -1.50. The van der Waals surface area contributed by atoms with Crippen molar-refractivity contribution in [3.05, 3.63) is 28.0 Å². The number of carboxylic acid groups (broad SMARTS) is 1. The molecule has 1 unspecified atom stereocenters. The van der Waals surface area contributed by atoms with Gasteiger partial charge in [0.25, 0.3) is 5.91 Å². The first-order valence-electron chi connectivity index (χ1n) is 6.91. The maximum atomic E-state index is 11.8. The number of aromatic amines is 1. The topological polar surface area (TPSA) is 137 Å². The molecule has 1 saturated heterocycles. The van der Waals surface area contributed by atoms with E-state index in [1.165, 1.54) is 12.3 Å². The number of rotatable bonds is 3. The van der Waals surface area contributed by atoms with Crippen LogP contribution in [0.4, 0.5) is 19.0 Å². The van der Waals surface area contributed by atoms with Gasteiger partial charge in [-0.05, 0) is 19.4 Å². The molecule has 1 atom stereocenters. The summed E-state index contributed by atoms with van der Waals surface area (Å²) < 4.78 is 31.7. The maximum absolute atomic E-state index is 11.8. The molecule has 1 aromatic rings. The van der Waals surface area contributed by atoms with Gasteiger partial charge in [-0.3, -0.25) is 9.59 Å². The van der Waals surface area contributed by atoms with Gasteiger partial charge >= 0.3 is 12.1 Å². The molecule has 134 valence electrons. The van der Waals surface area contributed by atoms with Crippen LogP contribution in [0.15, 0.2) is 17.1 Å². The van der Waals surface area contributed by atoms with E-state index >= 15 is 0 Å². The van der Waals surface area contributed by atoms with Crippen LogP contribution in [0.2, 0.25) is 0 Å². The zero-order valence-corrected chi connectivity index (χ0v) is 12.4. The molecule has 6 N–H and O–H groups in total. The van der Waals surface area contributed by atoms with Crippen molar-refractivity contribution in [3.63, 3.8) is 0 Å². The number of nitrogens with one attached hydrogen (secondary N) is 3. The molecule has 2 heterocycles. The second-order valence-corrected chi connectivity index (χ2v) is 4.94. The van der Waals surface area contributed by atoms with Crippen LogP contribution < -0.4 is 21.8 Å². The van der Waals surface area contributed by atoms with Crippen molar-refractivity contribution in [2.24, 2.45) is 0 Å². The highest BCUT2D eigenvalue weighted by Crippen LogP contribution is 2.13. The van der Waals surface area contributed by atoms with Gasteiger partial charge in [-0.15, -0.1) is 0 Å². The molecule has 1 aliphatic rings. The van der Waals surface area contributed by atoms with E-state index in [0.29, 0.717) is 12.6 Å². The summed E-state index contributed by atoms with van der Waals surface area (Å²) in [5, 5.41) is 13.1. The Labute approximate surface area is 134 Å². The Bertz CT molecular complexity index is 639. The zero-order chi connectivity index (χ0) is 18.3. The molecule has 0 spiro atoms. The molecule has 1 aliphatic heterocycles. The van der Waals surface area contributed by atoms with Crippen LogP contribution in [-0.2, 0) is 4.79 Å². The molecule has 0 aliphatic carbocycles. The Hall–Kier alpha value is -2.56. The molecule has 8 nitrogen and oxygen atoms in total. The number of hydrogen-bond acceptors (Lipinski definition) is 5. The third-order valence-electron chi connectivity index (χ3n) is 3.13. The predicted octanol–water partition coefficient (Wildman–Crippen LogP) is 0.0722. The Kier molecular flexibility index (Phi) is 6.77. The number of carbonyl (C=O) groups excluding carboxylic acids is 1. The molecule has 1 amide bonds. The lowest BCUT2D eigenvalue weighted by Crippen LogP contribution is -2.39. The van der Waals surface area contributed by atoms with Gasteiger partial charge in [0.2, 0.25) is 0 Å². The van der Waals surface area contributed by atoms with Crippen LogP contribution in [0.25, 0.3) is 0 Å². The van der Waals surface area contributed by atoms with Crippen LogP contribution in [0.1, 0.15) is 23.2 Å². The van der Waals surface area contributed by atoms with Crippen molar-refractivity contribution >= 4 is 17.7 Å². The number of pyridine rings is 1. The number of amides is 1. The molecule has 1 aromatic heterocycles. The van der Waals surface area contributed by atoms with Gasteiger partial charge in [0, 0.05) is 24.8 Å². The number of hydrogen-bond donors (Lipinski definition) is 5. The number of aliphatic carboxylic acids is 1. The van der Waals surface area contributed by atoms with Crippen LogP contribution in [0.3, 0.4) is 0 Å². The summed E-state index contributed by atoms with van der Waals surface area (Å²) in [7, 11) is 0. The van der Waals surface area contributed by atoms with Crippen molar-refractivity contribution < 1.29 is 27.9 Å². The average molecular weight is 350 g/mol. The summed E-state index contributed by atoms with van der Waals surface area (Å²) in [5.74, 6) is -3.07. The van der Waals surface area contributed by atoms with E-state index in [4.69, 9.17) is 15.6 Å². The SMILES string of the molecule is Nc1[nH]ccc(=O)c1C(=O)NCC1CCCN1.O=C(O)C(F)(F)F. The lowest BCUT2D eigenvalue weighted by atomic mass is 10.2. The monoisotopic (exact) mass is 350 g/mol. The van der Waals surface area contributed by atoms with Gasteiger partial charge in [0.1, 0.15) is 11.4 Å². The Morgan fingerprint density at radius 2 is 2.04 bits per heavy atom. The average Bonchev–Trinajstić information content (AvgIpc) is 2.98. The van der Waals surface area contributed by atoms with Gasteiger partial charge < -0.3 is 26.5 Å². The fraction of sp³-hybridized carbons (Fsp3) is 0.462. The summed E-state index contributed by atoms with van der Waals surface area (Å²) in [6, 6.07) is 1.59. The molecular weight excluding hydrogens is 333 g/mol. The van der Waals surface area contributed by atoms with E-state index in [0.717, 1.165) is 19.4 Å². The highest BCUT2D eigenvalue weighted by atomic mass is 19.4. The van der Waals surface area contributed by atoms with Crippen molar-refractivity contribution in [2.75, 3.05) is 18.8 Å². The minimum atomic E-state index is -5.08. The van der Waals surface area contributed by atoms with E-state index < -0.39 is 18.1 Å². The minimum absolute atomic E-state index is 0.00880. The number of carbonyl (C=O) groups is 2. The molecule has 24 heavy (non-hydrogen) atoms. The highest BCUT2D eigenvalue weighted by Gasteiger charge is 2.38. The van der Waals surface area contributed by atoms with Gasteiger partial charge in [-0.25, -0.2) is 4.79 Å². The third-order valence-corrected chi connectivity index (χ3v) is 3.13. The highest BCUT2D eigenvalue weighted by molar-refractivity contribution is 5.98. The van der Waals surface area contributed by atoms with Crippen LogP contribution >= 0.6 is 0 Å². The van der Waals surface area contributed by atoms with E-state index in [1.54, 1.807) is 0 Å². The van der Waals surface area contributed by atoms with Gasteiger partial charge in [0.05, 0.1) is 0 Å². The van der Waals surface area contributed by atoms with Crippen molar-refractivity contribution in [3.8, 4) is 0 Å². The first-order chi connectivity index (χ1) is 11.1. The first-order valence-corrected chi connectivity index (χ1v) is 6.91. The molecular formula is C13H17F3N4O4. The third kappa shape index (κ3) is 5.91. The number of halogens is 3. The molecule has 11 heteroatoms. The first kappa shape index (κ1) is 19.5. The summed E-state index contributed by atoms with van der Waals surface area (Å²) in [6.45, 7) is 1.50. The normalized spacial score (nSPS) is 16.9. The second kappa shape index (κ2) is 8.34. The number of H-pyrrole nitrogens is 1. The minimum Gasteiger partial charge on any atom is -0.475 e. The lowest BCUT2D eigenvalue weighted by molar-refractivity contribution is -0.192. The van der Waals surface area contributed by atoms with E-state index in [9.17, 15) is 22.8 Å². The maximum Gasteiger partial charge on any atom is 0.490 e. The smallest absolute Gasteiger partial charge is 0.475 e. The van der Waals surface area contributed by atoms with Crippen LogP contribution in [-0.4, -0.2) is 47.3 Å². The van der Waals surface area contributed by atoms with E-state index in [2.05, 4.69) is 15.6 Å². The van der Waals surface area contributed by atoms with Crippen LogP contribution in [0, 0.1) is 0 Å². The molecule has 0 radical (unpaired) electrons. The van der Waals surface area contributed by atoms with Crippen LogP contribution in [0.5, 0.6) is 0 Å². The van der Waals surface area contributed by atoms with Gasteiger partial charge in [-0.2, -0.15) is 13.2 Å². The molecule has 0 bridgehead atoms. The molecule has 0 aromatic carbocycles. The number of anilines is 1. The summed E-state index contributed by atoms with van der Waals surface area (Å²) in [5.41, 5.74) is 5.20. The lowest BCUT2D eigenvalue weighted by Gasteiger charge is -2.11. The fourth-order valence-corrected chi connectivity index (χ4v) is 1.96. The number of nitrogens with two attached hydrogens (primary N) is 1. The summed E-state index contributed by atoms with van der Waals surface area (Å²) >= 11 is 0. The van der Waals surface area contributed by atoms with Gasteiger partial charge in [-0.1, -0.05) is 0 Å². The van der Waals surface area contributed by atoms with Crippen molar-refractivity contribution in [1.82, 2.24) is 15.6 Å². The van der Waals surface area contributed by atoms with Gasteiger partial charge in [0.15, 0.2) is 5.43 Å². The largest absolute Gasteiger partial charge is 0.490 e. The van der Waals surface area contributed by atoms with Crippen molar-refractivity contribution in [2.45, 2.75) is 25.1 Å². The van der Waals surface area contributed by atoms with E-state index in [-0.39, 0.29) is 16.8 Å². The number of nitrogen functional groups attached to an aromatic ring is 1. The standard InChI is InChI=1S/C11H16N4O2.C2HF3O2/c12-10-9(8(16)3-5-14-10)11(17)15-6-7-2-1-4-13-7;3-2(4,5)1(6)7/h3,5,7,13H,1-2,4,6H2,(H,15,17)(H3,12,14,16);(H,6,7). The van der Waals surface area contributed by atoms with Crippen molar-refractivity contribution in [1.29, 1.82) is 0 Å². The second-order valence-electron chi connectivity index (χ2n) is 4.94. The molecule has 0 saturated carbocycles. The fourth-order valence-electron chi connectivity index (χ4n) is 1.96. The number of aromatic nitrogens is 1. The Morgan fingerprint density at radius 3 is 2.50 bits per heavy atom.